The van der Waals surface area contributed by atoms with Crippen LogP contribution in [0.4, 0.5) is 4.79 Å². The minimum Gasteiger partial charge on any atom is -0.494 e. The number of hydrogen-bond acceptors (Lipinski definition) is 5. The summed E-state index contributed by atoms with van der Waals surface area (Å²) in [7, 11) is 0. The van der Waals surface area contributed by atoms with Crippen molar-refractivity contribution in [1.82, 2.24) is 5.32 Å². The summed E-state index contributed by atoms with van der Waals surface area (Å²) in [5, 5.41) is 15.6. The van der Waals surface area contributed by atoms with Crippen LogP contribution in [0, 0.1) is 0 Å². The third-order valence-corrected chi connectivity index (χ3v) is 6.80. The number of azide groups is 1. The smallest absolute Gasteiger partial charge is 0.407 e. The van der Waals surface area contributed by atoms with Crippen LogP contribution in [0.2, 0.25) is 0 Å². The molecule has 0 unspecified atom stereocenters. The molecule has 39 heavy (non-hydrogen) atoms. The quantitative estimate of drug-likeness (QED) is 0.107. The van der Waals surface area contributed by atoms with Gasteiger partial charge in [0.1, 0.15) is 18.4 Å². The summed E-state index contributed by atoms with van der Waals surface area (Å²) < 4.78 is 11.2. The summed E-state index contributed by atoms with van der Waals surface area (Å²) in [6, 6.07) is 22.7. The third kappa shape index (κ3) is 7.52. The number of nitrogens with zero attached hydrogens (tertiary/aromatic N) is 3. The van der Waals surface area contributed by atoms with E-state index in [1.54, 1.807) is 0 Å². The largest absolute Gasteiger partial charge is 0.494 e. The van der Waals surface area contributed by atoms with E-state index in [1.807, 2.05) is 60.7 Å². The molecule has 0 fully saturated rings. The van der Waals surface area contributed by atoms with E-state index < -0.39 is 18.1 Å². The van der Waals surface area contributed by atoms with E-state index in [0.29, 0.717) is 26.0 Å². The second-order valence-electron chi connectivity index (χ2n) is 9.41. The highest BCUT2D eigenvalue weighted by atomic mass is 16.5. The number of carboxylic acids is 1. The Labute approximate surface area is 227 Å². The Morgan fingerprint density at radius 2 is 1.62 bits per heavy atom. The molecule has 9 heteroatoms. The number of carbonyl (C=O) groups excluding carboxylic acids is 1. The SMILES string of the molecule is [N-]=[N+]=NCCCCOc1ccc(CCC[C@H](NC(=O)OCC2c3ccccc3-c3ccccc32)C(=O)O)cc1. The molecular formula is C30H32N4O5. The maximum absolute atomic E-state index is 12.5. The number of aliphatic carboxylic acids is 1. The highest BCUT2D eigenvalue weighted by Gasteiger charge is 2.29. The molecule has 1 atom stereocenters. The number of carboxylic acid groups (broad SMARTS) is 1. The van der Waals surface area contributed by atoms with E-state index in [1.165, 1.54) is 0 Å². The molecule has 4 rings (SSSR count). The van der Waals surface area contributed by atoms with Crippen molar-refractivity contribution in [2.45, 2.75) is 44.1 Å². The molecule has 1 aliphatic rings. The second-order valence-corrected chi connectivity index (χ2v) is 9.41. The molecule has 0 spiro atoms. The molecule has 0 aromatic heterocycles. The maximum atomic E-state index is 12.5. The van der Waals surface area contributed by atoms with E-state index >= 15 is 0 Å². The highest BCUT2D eigenvalue weighted by Crippen LogP contribution is 2.44. The first-order valence-electron chi connectivity index (χ1n) is 13.1. The van der Waals surface area contributed by atoms with Crippen LogP contribution in [-0.2, 0) is 16.0 Å². The molecule has 0 aliphatic heterocycles. The van der Waals surface area contributed by atoms with Crippen LogP contribution < -0.4 is 10.1 Å². The average Bonchev–Trinajstić information content (AvgIpc) is 3.27. The molecule has 0 heterocycles. The van der Waals surface area contributed by atoms with E-state index in [9.17, 15) is 14.7 Å². The number of unbranched alkanes of at least 4 members (excludes halogenated alkanes) is 1. The van der Waals surface area contributed by atoms with Crippen LogP contribution in [-0.4, -0.2) is 43.0 Å². The lowest BCUT2D eigenvalue weighted by Gasteiger charge is -2.17. The van der Waals surface area contributed by atoms with Gasteiger partial charge >= 0.3 is 12.1 Å². The Kier molecular flexibility index (Phi) is 9.80. The zero-order valence-electron chi connectivity index (χ0n) is 21.7. The summed E-state index contributed by atoms with van der Waals surface area (Å²) in [6.07, 6.45) is 2.38. The van der Waals surface area contributed by atoms with Gasteiger partial charge in [0.15, 0.2) is 0 Å². The first-order chi connectivity index (χ1) is 19.1. The number of amides is 1. The number of ether oxygens (including phenoxy) is 2. The van der Waals surface area contributed by atoms with Crippen LogP contribution in [0.25, 0.3) is 21.6 Å². The van der Waals surface area contributed by atoms with Gasteiger partial charge in [0, 0.05) is 17.4 Å². The summed E-state index contributed by atoms with van der Waals surface area (Å²) in [4.78, 5) is 27.0. The zero-order valence-corrected chi connectivity index (χ0v) is 21.7. The molecule has 3 aromatic rings. The number of alkyl carbamates (subject to hydrolysis) is 1. The molecule has 9 nitrogen and oxygen atoms in total. The first-order valence-corrected chi connectivity index (χ1v) is 13.1. The van der Waals surface area contributed by atoms with Crippen LogP contribution in [0.1, 0.15) is 48.3 Å². The topological polar surface area (TPSA) is 134 Å². The minimum atomic E-state index is -1.09. The van der Waals surface area contributed by atoms with Gasteiger partial charge in [-0.05, 0) is 77.6 Å². The molecule has 1 amide bonds. The van der Waals surface area contributed by atoms with Crippen molar-refractivity contribution < 1.29 is 24.2 Å². The number of fused-ring (bicyclic) bond motifs is 3. The van der Waals surface area contributed by atoms with Gasteiger partial charge in [0.05, 0.1) is 6.61 Å². The fraction of sp³-hybridized carbons (Fsp3) is 0.333. The van der Waals surface area contributed by atoms with Gasteiger partial charge in [-0.2, -0.15) is 0 Å². The zero-order chi connectivity index (χ0) is 27.5. The Bertz CT molecular complexity index is 1280. The minimum absolute atomic E-state index is 0.0869. The number of aryl methyl sites for hydroxylation is 1. The molecular weight excluding hydrogens is 496 g/mol. The van der Waals surface area contributed by atoms with Gasteiger partial charge in [-0.15, -0.1) is 0 Å². The van der Waals surface area contributed by atoms with E-state index in [4.69, 9.17) is 15.0 Å². The normalized spacial score (nSPS) is 12.5. The number of carbonyl (C=O) groups is 2. The van der Waals surface area contributed by atoms with Gasteiger partial charge in [-0.25, -0.2) is 9.59 Å². The van der Waals surface area contributed by atoms with Crippen molar-refractivity contribution in [3.63, 3.8) is 0 Å². The van der Waals surface area contributed by atoms with Crippen molar-refractivity contribution >= 4 is 12.1 Å². The lowest BCUT2D eigenvalue weighted by Crippen LogP contribution is -2.41. The van der Waals surface area contributed by atoms with Crippen molar-refractivity contribution in [3.05, 3.63) is 99.9 Å². The lowest BCUT2D eigenvalue weighted by molar-refractivity contribution is -0.139. The van der Waals surface area contributed by atoms with Gasteiger partial charge < -0.3 is 19.9 Å². The standard InChI is InChI=1S/C30H32N4O5/c31-34-32-18-5-6-19-38-22-16-14-21(15-17-22)8-7-13-28(29(35)36)33-30(37)39-20-27-25-11-3-1-9-23(25)24-10-2-4-12-26(24)27/h1-4,9-12,14-17,27-28H,5-8,13,18-20H2,(H,33,37)(H,35,36)/t28-/m0/s1. The first kappa shape index (κ1) is 27.5. The van der Waals surface area contributed by atoms with Crippen LogP contribution in [0.5, 0.6) is 5.75 Å². The van der Waals surface area contributed by atoms with Crippen LogP contribution in [0.3, 0.4) is 0 Å². The summed E-state index contributed by atoms with van der Waals surface area (Å²) >= 11 is 0. The Morgan fingerprint density at radius 1 is 0.949 bits per heavy atom. The average molecular weight is 529 g/mol. The second kappa shape index (κ2) is 13.9. The molecule has 0 saturated heterocycles. The molecule has 3 aromatic carbocycles. The summed E-state index contributed by atoms with van der Waals surface area (Å²) in [6.45, 7) is 1.14. The molecule has 0 bridgehead atoms. The van der Waals surface area contributed by atoms with E-state index in [2.05, 4.69) is 27.5 Å². The van der Waals surface area contributed by atoms with Crippen molar-refractivity contribution in [3.8, 4) is 16.9 Å². The van der Waals surface area contributed by atoms with Gasteiger partial charge in [0.2, 0.25) is 0 Å². The molecule has 0 saturated carbocycles. The fourth-order valence-corrected chi connectivity index (χ4v) is 4.82. The number of benzene rings is 3. The highest BCUT2D eigenvalue weighted by molar-refractivity contribution is 5.81. The number of hydrogen-bond donors (Lipinski definition) is 2. The van der Waals surface area contributed by atoms with Crippen molar-refractivity contribution in [2.24, 2.45) is 5.11 Å². The predicted octanol–water partition coefficient (Wildman–Crippen LogP) is 6.47. The van der Waals surface area contributed by atoms with E-state index in [-0.39, 0.29) is 18.9 Å². The molecule has 0 radical (unpaired) electrons. The number of nitrogens with one attached hydrogen (secondary N) is 1. The van der Waals surface area contributed by atoms with Crippen molar-refractivity contribution in [1.29, 1.82) is 0 Å². The Balaban J connectivity index is 1.21. The van der Waals surface area contributed by atoms with Gasteiger partial charge in [-0.1, -0.05) is 65.8 Å². The Morgan fingerprint density at radius 3 is 2.26 bits per heavy atom. The molecule has 1 aliphatic carbocycles. The fourth-order valence-electron chi connectivity index (χ4n) is 4.82. The molecule has 202 valence electrons. The van der Waals surface area contributed by atoms with Gasteiger partial charge in [0.25, 0.3) is 0 Å². The van der Waals surface area contributed by atoms with Crippen molar-refractivity contribution in [2.75, 3.05) is 19.8 Å². The maximum Gasteiger partial charge on any atom is 0.407 e. The number of rotatable bonds is 14. The third-order valence-electron chi connectivity index (χ3n) is 6.80. The van der Waals surface area contributed by atoms with E-state index in [0.717, 1.165) is 46.4 Å². The van der Waals surface area contributed by atoms with Crippen LogP contribution in [0.15, 0.2) is 77.9 Å². The Hall–Kier alpha value is -4.49. The summed E-state index contributed by atoms with van der Waals surface area (Å²) in [5.41, 5.74) is 13.8. The monoisotopic (exact) mass is 528 g/mol. The van der Waals surface area contributed by atoms with Gasteiger partial charge in [-0.3, -0.25) is 0 Å². The summed E-state index contributed by atoms with van der Waals surface area (Å²) in [5.74, 6) is -0.424. The van der Waals surface area contributed by atoms with Crippen LogP contribution >= 0.6 is 0 Å². The molecule has 2 N–H and O–H groups in total. The lowest BCUT2D eigenvalue weighted by atomic mass is 9.98. The predicted molar refractivity (Wildman–Crippen MR) is 148 cm³/mol.